The van der Waals surface area contributed by atoms with Crippen molar-refractivity contribution in [3.8, 4) is 0 Å². The average molecular weight is 290 g/mol. The first-order chi connectivity index (χ1) is 10.1. The largest absolute Gasteiger partial charge is 0.395 e. The number of amides is 1. The van der Waals surface area contributed by atoms with E-state index in [0.717, 1.165) is 18.5 Å². The van der Waals surface area contributed by atoms with Gasteiger partial charge in [0.05, 0.1) is 13.2 Å². The summed E-state index contributed by atoms with van der Waals surface area (Å²) in [6.07, 6.45) is 3.50. The third-order valence-electron chi connectivity index (χ3n) is 4.16. The van der Waals surface area contributed by atoms with Crippen LogP contribution in [-0.4, -0.2) is 41.7 Å². The summed E-state index contributed by atoms with van der Waals surface area (Å²) < 4.78 is 0. The molecule has 2 rings (SSSR count). The van der Waals surface area contributed by atoms with Crippen molar-refractivity contribution in [2.75, 3.05) is 25.0 Å². The Morgan fingerprint density at radius 3 is 2.76 bits per heavy atom. The minimum Gasteiger partial charge on any atom is -0.395 e. The molecule has 1 saturated carbocycles. The first-order valence-corrected chi connectivity index (χ1v) is 7.85. The summed E-state index contributed by atoms with van der Waals surface area (Å²) in [6, 6.07) is 8.46. The van der Waals surface area contributed by atoms with Gasteiger partial charge in [-0.1, -0.05) is 32.4 Å². The summed E-state index contributed by atoms with van der Waals surface area (Å²) in [5, 5.41) is 12.1. The molecule has 116 valence electrons. The number of nitrogens with one attached hydrogen (secondary N) is 1. The second-order valence-corrected chi connectivity index (χ2v) is 6.11. The van der Waals surface area contributed by atoms with E-state index in [1.807, 2.05) is 18.2 Å². The number of rotatable bonds is 7. The fourth-order valence-corrected chi connectivity index (χ4v) is 2.63. The van der Waals surface area contributed by atoms with Crippen LogP contribution in [-0.2, 0) is 4.79 Å². The molecule has 0 atom stereocenters. The highest BCUT2D eigenvalue weighted by Gasteiger charge is 2.25. The van der Waals surface area contributed by atoms with E-state index in [9.17, 15) is 4.79 Å². The van der Waals surface area contributed by atoms with E-state index in [1.54, 1.807) is 0 Å². The van der Waals surface area contributed by atoms with Crippen LogP contribution in [0.5, 0.6) is 0 Å². The Balaban J connectivity index is 1.92. The van der Waals surface area contributed by atoms with E-state index in [1.165, 1.54) is 12.0 Å². The van der Waals surface area contributed by atoms with Crippen LogP contribution in [0.1, 0.15) is 44.6 Å². The number of hydrogen-bond acceptors (Lipinski definition) is 3. The number of aliphatic hydroxyl groups excluding tert-OH is 1. The molecule has 1 fully saturated rings. The lowest BCUT2D eigenvalue weighted by Gasteiger charge is -2.36. The van der Waals surface area contributed by atoms with Gasteiger partial charge in [0.2, 0.25) is 5.91 Å². The van der Waals surface area contributed by atoms with Gasteiger partial charge in [0.25, 0.3) is 0 Å². The van der Waals surface area contributed by atoms with Gasteiger partial charge in [0, 0.05) is 18.3 Å². The highest BCUT2D eigenvalue weighted by molar-refractivity contribution is 5.92. The summed E-state index contributed by atoms with van der Waals surface area (Å²) >= 11 is 0. The number of nitrogens with zero attached hydrogens (tertiary/aromatic N) is 1. The summed E-state index contributed by atoms with van der Waals surface area (Å²) in [6.45, 7) is 5.31. The number of anilines is 1. The maximum absolute atomic E-state index is 12.2. The third kappa shape index (κ3) is 4.55. The highest BCUT2D eigenvalue weighted by atomic mass is 16.3. The van der Waals surface area contributed by atoms with Gasteiger partial charge < -0.3 is 10.4 Å². The van der Waals surface area contributed by atoms with Crippen LogP contribution in [0.2, 0.25) is 0 Å². The lowest BCUT2D eigenvalue weighted by molar-refractivity contribution is -0.118. The van der Waals surface area contributed by atoms with Gasteiger partial charge in [0.15, 0.2) is 0 Å². The van der Waals surface area contributed by atoms with Crippen LogP contribution >= 0.6 is 0 Å². The summed E-state index contributed by atoms with van der Waals surface area (Å²) in [5.41, 5.74) is 2.07. The first kappa shape index (κ1) is 16.0. The lowest BCUT2D eigenvalue weighted by Crippen LogP contribution is -2.45. The molecule has 4 heteroatoms. The molecule has 1 aliphatic rings. The van der Waals surface area contributed by atoms with Crippen molar-refractivity contribution in [2.24, 2.45) is 0 Å². The molecular weight excluding hydrogens is 264 g/mol. The molecule has 21 heavy (non-hydrogen) atoms. The van der Waals surface area contributed by atoms with Crippen LogP contribution in [0.3, 0.4) is 0 Å². The number of aliphatic hydroxyl groups is 1. The highest BCUT2D eigenvalue weighted by Crippen LogP contribution is 2.24. The molecular formula is C17H26N2O2. The molecule has 0 heterocycles. The van der Waals surface area contributed by atoms with Crippen LogP contribution in [0.25, 0.3) is 0 Å². The number of carbonyl (C=O) groups excluding carboxylic acids is 1. The Kier molecular flexibility index (Phi) is 5.76. The van der Waals surface area contributed by atoms with Crippen LogP contribution in [0.4, 0.5) is 5.69 Å². The Morgan fingerprint density at radius 1 is 1.43 bits per heavy atom. The zero-order valence-electron chi connectivity index (χ0n) is 13.0. The van der Waals surface area contributed by atoms with Crippen LogP contribution in [0, 0.1) is 0 Å². The molecule has 1 aliphatic carbocycles. The molecule has 1 amide bonds. The molecule has 0 spiro atoms. The Bertz CT molecular complexity index is 470. The van der Waals surface area contributed by atoms with Gasteiger partial charge >= 0.3 is 0 Å². The van der Waals surface area contributed by atoms with Crippen LogP contribution in [0.15, 0.2) is 24.3 Å². The van der Waals surface area contributed by atoms with E-state index >= 15 is 0 Å². The average Bonchev–Trinajstić information content (AvgIpc) is 2.37. The van der Waals surface area contributed by atoms with Crippen molar-refractivity contribution in [3.05, 3.63) is 29.8 Å². The summed E-state index contributed by atoms with van der Waals surface area (Å²) in [7, 11) is 0. The monoisotopic (exact) mass is 290 g/mol. The fraction of sp³-hybridized carbons (Fsp3) is 0.588. The summed E-state index contributed by atoms with van der Waals surface area (Å²) in [5.74, 6) is 0.443. The topological polar surface area (TPSA) is 52.6 Å². The molecule has 1 aromatic rings. The van der Waals surface area contributed by atoms with Gasteiger partial charge in [-0.2, -0.15) is 0 Å². The Hall–Kier alpha value is -1.39. The fourth-order valence-electron chi connectivity index (χ4n) is 2.63. The van der Waals surface area contributed by atoms with Gasteiger partial charge in [0.1, 0.15) is 0 Å². The zero-order chi connectivity index (χ0) is 15.2. The maximum atomic E-state index is 12.2. The minimum atomic E-state index is -0.00347. The number of hydrogen-bond donors (Lipinski definition) is 2. The number of benzene rings is 1. The van der Waals surface area contributed by atoms with Gasteiger partial charge in [-0.3, -0.25) is 9.69 Å². The molecule has 4 nitrogen and oxygen atoms in total. The quantitative estimate of drug-likeness (QED) is 0.811. The van der Waals surface area contributed by atoms with Crippen molar-refractivity contribution in [3.63, 3.8) is 0 Å². The Morgan fingerprint density at radius 2 is 2.19 bits per heavy atom. The van der Waals surface area contributed by atoms with Crippen LogP contribution < -0.4 is 5.32 Å². The summed E-state index contributed by atoms with van der Waals surface area (Å²) in [4.78, 5) is 14.3. The maximum Gasteiger partial charge on any atom is 0.238 e. The van der Waals surface area contributed by atoms with Crippen molar-refractivity contribution < 1.29 is 9.90 Å². The number of carbonyl (C=O) groups is 1. The van der Waals surface area contributed by atoms with Gasteiger partial charge in [-0.25, -0.2) is 0 Å². The predicted octanol–water partition coefficient (Wildman–Crippen LogP) is 2.60. The standard InChI is InChI=1S/C17H26N2O2/c1-13(2)14-5-3-6-15(11-14)18-17(21)12-19(9-10-20)16-7-4-8-16/h3,5-6,11,13,16,20H,4,7-10,12H2,1-2H3,(H,18,21). The molecule has 2 N–H and O–H groups in total. The van der Waals surface area contributed by atoms with E-state index < -0.39 is 0 Å². The van der Waals surface area contributed by atoms with E-state index in [0.29, 0.717) is 25.0 Å². The van der Waals surface area contributed by atoms with Crippen molar-refractivity contribution in [2.45, 2.75) is 45.1 Å². The smallest absolute Gasteiger partial charge is 0.238 e. The van der Waals surface area contributed by atoms with E-state index in [4.69, 9.17) is 5.11 Å². The van der Waals surface area contributed by atoms with Crippen molar-refractivity contribution >= 4 is 11.6 Å². The normalized spacial score (nSPS) is 15.3. The molecule has 0 radical (unpaired) electrons. The predicted molar refractivity (Wildman–Crippen MR) is 85.5 cm³/mol. The molecule has 0 saturated heterocycles. The Labute approximate surface area is 127 Å². The molecule has 1 aromatic carbocycles. The second-order valence-electron chi connectivity index (χ2n) is 6.11. The second kappa shape index (κ2) is 7.57. The van der Waals surface area contributed by atoms with E-state index in [-0.39, 0.29) is 12.5 Å². The van der Waals surface area contributed by atoms with Gasteiger partial charge in [-0.15, -0.1) is 0 Å². The van der Waals surface area contributed by atoms with Crippen molar-refractivity contribution in [1.29, 1.82) is 0 Å². The van der Waals surface area contributed by atoms with E-state index in [2.05, 4.69) is 30.1 Å². The molecule has 0 aliphatic heterocycles. The molecule has 0 bridgehead atoms. The van der Waals surface area contributed by atoms with Crippen molar-refractivity contribution in [1.82, 2.24) is 4.90 Å². The first-order valence-electron chi connectivity index (χ1n) is 7.85. The minimum absolute atomic E-state index is 0.00347. The lowest BCUT2D eigenvalue weighted by atomic mass is 9.91. The molecule has 0 aromatic heterocycles. The SMILES string of the molecule is CC(C)c1cccc(NC(=O)CN(CCO)C2CCC2)c1. The zero-order valence-corrected chi connectivity index (χ0v) is 13.0. The molecule has 0 unspecified atom stereocenters. The van der Waals surface area contributed by atoms with Gasteiger partial charge in [-0.05, 0) is 36.5 Å². The third-order valence-corrected chi connectivity index (χ3v) is 4.16.